The van der Waals surface area contributed by atoms with Crippen molar-refractivity contribution in [1.82, 2.24) is 10.4 Å². The van der Waals surface area contributed by atoms with Crippen LogP contribution in [0.25, 0.3) is 0 Å². The molecule has 3 N–H and O–H groups in total. The van der Waals surface area contributed by atoms with Crippen LogP contribution in [0.2, 0.25) is 0 Å². The maximum Gasteiger partial charge on any atom is 0.339 e. The Labute approximate surface area is 132 Å². The number of primary amides is 1. The summed E-state index contributed by atoms with van der Waals surface area (Å²) in [5, 5.41) is 4.02. The monoisotopic (exact) mass is 310 g/mol. The van der Waals surface area contributed by atoms with E-state index in [-0.39, 0.29) is 5.97 Å². The van der Waals surface area contributed by atoms with Crippen molar-refractivity contribution in [3.63, 3.8) is 0 Å². The molecule has 2 amide bonds. The van der Waals surface area contributed by atoms with Crippen LogP contribution < -0.4 is 11.2 Å². The highest BCUT2D eigenvalue weighted by molar-refractivity contribution is 6.02. The Morgan fingerprint density at radius 1 is 1.30 bits per heavy atom. The van der Waals surface area contributed by atoms with Gasteiger partial charge in [0, 0.05) is 29.9 Å². The van der Waals surface area contributed by atoms with E-state index in [4.69, 9.17) is 10.5 Å². The zero-order chi connectivity index (χ0) is 16.2. The summed E-state index contributed by atoms with van der Waals surface area (Å²) in [5.41, 5.74) is 9.86. The van der Waals surface area contributed by atoms with Crippen LogP contribution in [0.3, 0.4) is 0 Å². The average Bonchev–Trinajstić information content (AvgIpc) is 2.88. The summed E-state index contributed by atoms with van der Waals surface area (Å²) in [6.45, 7) is 0. The van der Waals surface area contributed by atoms with Crippen LogP contribution >= 0.6 is 0 Å². The Hall–Kier alpha value is -3.22. The highest BCUT2D eigenvalue weighted by Gasteiger charge is 2.31. The minimum atomic E-state index is -0.768. The van der Waals surface area contributed by atoms with Gasteiger partial charge in [-0.05, 0) is 12.1 Å². The summed E-state index contributed by atoms with van der Waals surface area (Å²) in [5.74, 6) is -0.362. The Bertz CT molecular complexity index is 774. The van der Waals surface area contributed by atoms with E-state index in [9.17, 15) is 9.59 Å². The molecule has 1 aliphatic rings. The third-order valence-electron chi connectivity index (χ3n) is 3.45. The van der Waals surface area contributed by atoms with Gasteiger partial charge in [-0.2, -0.15) is 5.10 Å². The standard InChI is InChI=1S/C16H14N4O3/c17-16(22)20-19-13(10-4-3-7-18-9-10)8-14-11-5-1-2-6-12(11)15(21)23-14/h1-7,9,14H,8H2,(H3,17,20,22). The van der Waals surface area contributed by atoms with Crippen LogP contribution in [-0.4, -0.2) is 22.7 Å². The molecule has 0 saturated carbocycles. The van der Waals surface area contributed by atoms with Crippen molar-refractivity contribution in [2.24, 2.45) is 10.8 Å². The lowest BCUT2D eigenvalue weighted by Gasteiger charge is -2.13. The summed E-state index contributed by atoms with van der Waals surface area (Å²) in [6.07, 6.45) is 3.08. The molecule has 1 aromatic carbocycles. The molecule has 2 heterocycles. The predicted molar refractivity (Wildman–Crippen MR) is 82.7 cm³/mol. The fourth-order valence-electron chi connectivity index (χ4n) is 2.43. The van der Waals surface area contributed by atoms with Crippen LogP contribution in [0, 0.1) is 0 Å². The molecule has 2 aromatic rings. The topological polar surface area (TPSA) is 107 Å². The number of hydrazone groups is 1. The molecular formula is C16H14N4O3. The summed E-state index contributed by atoms with van der Waals surface area (Å²) < 4.78 is 5.41. The van der Waals surface area contributed by atoms with E-state index in [0.717, 1.165) is 5.56 Å². The second kappa shape index (κ2) is 6.27. The smallest absolute Gasteiger partial charge is 0.339 e. The molecular weight excluding hydrogens is 296 g/mol. The maximum absolute atomic E-state index is 11.9. The number of pyridine rings is 1. The van der Waals surface area contributed by atoms with Gasteiger partial charge in [0.1, 0.15) is 6.10 Å². The van der Waals surface area contributed by atoms with E-state index in [1.165, 1.54) is 0 Å². The molecule has 1 atom stereocenters. The maximum atomic E-state index is 11.9. The molecule has 116 valence electrons. The van der Waals surface area contributed by atoms with E-state index in [2.05, 4.69) is 15.5 Å². The number of rotatable bonds is 4. The van der Waals surface area contributed by atoms with Crippen LogP contribution in [0.5, 0.6) is 0 Å². The van der Waals surface area contributed by atoms with Gasteiger partial charge >= 0.3 is 12.0 Å². The summed E-state index contributed by atoms with van der Waals surface area (Å²) in [6, 6.07) is 9.98. The Balaban J connectivity index is 1.90. The van der Waals surface area contributed by atoms with Crippen molar-refractivity contribution in [2.75, 3.05) is 0 Å². The Morgan fingerprint density at radius 2 is 2.13 bits per heavy atom. The normalized spacial score (nSPS) is 16.6. The summed E-state index contributed by atoms with van der Waals surface area (Å²) in [4.78, 5) is 26.9. The summed E-state index contributed by atoms with van der Waals surface area (Å²) >= 11 is 0. The van der Waals surface area contributed by atoms with Gasteiger partial charge in [0.2, 0.25) is 0 Å². The highest BCUT2D eigenvalue weighted by atomic mass is 16.5. The average molecular weight is 310 g/mol. The molecule has 3 rings (SSSR count). The molecule has 0 fully saturated rings. The molecule has 1 aromatic heterocycles. The fourth-order valence-corrected chi connectivity index (χ4v) is 2.43. The number of aromatic nitrogens is 1. The van der Waals surface area contributed by atoms with Gasteiger partial charge in [-0.1, -0.05) is 24.3 Å². The van der Waals surface area contributed by atoms with E-state index in [0.29, 0.717) is 23.3 Å². The lowest BCUT2D eigenvalue weighted by atomic mass is 9.99. The first-order valence-electron chi connectivity index (χ1n) is 6.97. The molecule has 0 bridgehead atoms. The lowest BCUT2D eigenvalue weighted by Crippen LogP contribution is -2.26. The second-order valence-electron chi connectivity index (χ2n) is 4.96. The zero-order valence-corrected chi connectivity index (χ0v) is 12.1. The number of benzene rings is 1. The van der Waals surface area contributed by atoms with E-state index in [1.54, 1.807) is 36.7 Å². The first-order chi connectivity index (χ1) is 11.1. The number of hydrogen-bond acceptors (Lipinski definition) is 5. The summed E-state index contributed by atoms with van der Waals surface area (Å²) in [7, 11) is 0. The largest absolute Gasteiger partial charge is 0.453 e. The van der Waals surface area contributed by atoms with Gasteiger partial charge in [-0.3, -0.25) is 4.98 Å². The van der Waals surface area contributed by atoms with Crippen LogP contribution in [-0.2, 0) is 4.74 Å². The number of ether oxygens (including phenoxy) is 1. The van der Waals surface area contributed by atoms with Crippen LogP contribution in [0.4, 0.5) is 4.79 Å². The number of nitrogens with two attached hydrogens (primary N) is 1. The van der Waals surface area contributed by atoms with Crippen molar-refractivity contribution >= 4 is 17.7 Å². The van der Waals surface area contributed by atoms with E-state index < -0.39 is 12.1 Å². The minimum Gasteiger partial charge on any atom is -0.453 e. The van der Waals surface area contributed by atoms with Gasteiger partial charge in [0.25, 0.3) is 0 Å². The number of nitrogens with zero attached hydrogens (tertiary/aromatic N) is 2. The van der Waals surface area contributed by atoms with Gasteiger partial charge in [0.15, 0.2) is 0 Å². The van der Waals surface area contributed by atoms with Gasteiger partial charge in [-0.25, -0.2) is 15.0 Å². The Morgan fingerprint density at radius 3 is 2.87 bits per heavy atom. The highest BCUT2D eigenvalue weighted by Crippen LogP contribution is 2.33. The SMILES string of the molecule is NC(=O)NN=C(CC1OC(=O)c2ccccc21)c1cccnc1. The number of amides is 2. The molecule has 0 radical (unpaired) electrons. The number of cyclic esters (lactones) is 1. The number of nitrogens with one attached hydrogen (secondary N) is 1. The number of hydrogen-bond donors (Lipinski definition) is 2. The molecule has 7 heteroatoms. The van der Waals surface area contributed by atoms with Crippen molar-refractivity contribution in [3.8, 4) is 0 Å². The molecule has 0 aliphatic carbocycles. The van der Waals surface area contributed by atoms with E-state index >= 15 is 0 Å². The van der Waals surface area contributed by atoms with Crippen molar-refractivity contribution < 1.29 is 14.3 Å². The third-order valence-corrected chi connectivity index (χ3v) is 3.45. The van der Waals surface area contributed by atoms with Crippen molar-refractivity contribution in [1.29, 1.82) is 0 Å². The molecule has 1 unspecified atom stereocenters. The quantitative estimate of drug-likeness (QED) is 0.509. The first-order valence-corrected chi connectivity index (χ1v) is 6.97. The number of esters is 1. The fraction of sp³-hybridized carbons (Fsp3) is 0.125. The molecule has 23 heavy (non-hydrogen) atoms. The Kier molecular flexibility index (Phi) is 4.01. The molecule has 7 nitrogen and oxygen atoms in total. The number of urea groups is 1. The van der Waals surface area contributed by atoms with Gasteiger partial charge in [0.05, 0.1) is 11.3 Å². The number of fused-ring (bicyclic) bond motifs is 1. The van der Waals surface area contributed by atoms with Crippen LogP contribution in [0.1, 0.15) is 34.0 Å². The zero-order valence-electron chi connectivity index (χ0n) is 12.1. The predicted octanol–water partition coefficient (Wildman–Crippen LogP) is 1.76. The molecule has 1 aliphatic heterocycles. The van der Waals surface area contributed by atoms with Gasteiger partial charge in [-0.15, -0.1) is 0 Å². The minimum absolute atomic E-state index is 0.300. The van der Waals surface area contributed by atoms with Crippen molar-refractivity contribution in [3.05, 3.63) is 65.5 Å². The number of carbonyl (C=O) groups excluding carboxylic acids is 2. The van der Waals surface area contributed by atoms with E-state index in [1.807, 2.05) is 12.1 Å². The molecule has 0 spiro atoms. The molecule has 0 saturated heterocycles. The first kappa shape index (κ1) is 14.7. The van der Waals surface area contributed by atoms with Crippen LogP contribution in [0.15, 0.2) is 53.9 Å². The third kappa shape index (κ3) is 3.18. The van der Waals surface area contributed by atoms with Crippen molar-refractivity contribution in [2.45, 2.75) is 12.5 Å². The number of carbonyl (C=O) groups is 2. The lowest BCUT2D eigenvalue weighted by molar-refractivity contribution is 0.0400. The second-order valence-corrected chi connectivity index (χ2v) is 4.96. The van der Waals surface area contributed by atoms with Gasteiger partial charge < -0.3 is 10.5 Å².